The lowest BCUT2D eigenvalue weighted by atomic mass is 9.63. The number of rotatable bonds is 3. The van der Waals surface area contributed by atoms with Crippen molar-refractivity contribution >= 4 is 23.5 Å². The first-order chi connectivity index (χ1) is 12.9. The topological polar surface area (TPSA) is 78.5 Å². The van der Waals surface area contributed by atoms with Crippen LogP contribution in [0.5, 0.6) is 0 Å². The summed E-state index contributed by atoms with van der Waals surface area (Å²) in [4.78, 5) is 39.5. The van der Waals surface area contributed by atoms with E-state index in [9.17, 15) is 14.4 Å². The third-order valence-electron chi connectivity index (χ3n) is 6.15. The third-order valence-corrected chi connectivity index (χ3v) is 6.15. The number of benzene rings is 1. The molecule has 2 N–H and O–H groups in total. The van der Waals surface area contributed by atoms with Gasteiger partial charge in [-0.25, -0.2) is 4.79 Å². The molecule has 6 heteroatoms. The van der Waals surface area contributed by atoms with Crippen LogP contribution in [0.2, 0.25) is 0 Å². The maximum absolute atomic E-state index is 12.9. The molecule has 0 aromatic heterocycles. The molecule has 4 amide bonds. The number of imide groups is 1. The number of amides is 4. The van der Waals surface area contributed by atoms with Crippen molar-refractivity contribution in [2.24, 2.45) is 23.7 Å². The number of aryl methyl sites for hydroxylation is 2. The zero-order valence-corrected chi connectivity index (χ0v) is 15.9. The van der Waals surface area contributed by atoms with Gasteiger partial charge in [0, 0.05) is 5.69 Å². The van der Waals surface area contributed by atoms with E-state index in [1.165, 1.54) is 4.90 Å². The van der Waals surface area contributed by atoms with Gasteiger partial charge < -0.3 is 10.6 Å². The summed E-state index contributed by atoms with van der Waals surface area (Å²) >= 11 is 0. The van der Waals surface area contributed by atoms with Crippen molar-refractivity contribution in [1.29, 1.82) is 0 Å². The third kappa shape index (κ3) is 2.93. The Morgan fingerprint density at radius 3 is 2.19 bits per heavy atom. The summed E-state index contributed by atoms with van der Waals surface area (Å²) < 4.78 is 0. The molecule has 1 saturated carbocycles. The van der Waals surface area contributed by atoms with Gasteiger partial charge in [-0.05, 0) is 57.1 Å². The van der Waals surface area contributed by atoms with Gasteiger partial charge in [0.2, 0.25) is 11.8 Å². The van der Waals surface area contributed by atoms with Crippen LogP contribution in [0.4, 0.5) is 10.5 Å². The fraction of sp³-hybridized carbons (Fsp3) is 0.476. The van der Waals surface area contributed by atoms with E-state index in [2.05, 4.69) is 22.8 Å². The molecule has 27 heavy (non-hydrogen) atoms. The zero-order valence-electron chi connectivity index (χ0n) is 15.9. The summed E-state index contributed by atoms with van der Waals surface area (Å²) in [5.74, 6) is -0.511. The predicted octanol–water partition coefficient (Wildman–Crippen LogP) is 2.97. The second-order valence-corrected chi connectivity index (χ2v) is 7.98. The highest BCUT2D eigenvalue weighted by Gasteiger charge is 2.57. The lowest BCUT2D eigenvalue weighted by molar-refractivity contribution is -0.142. The largest absolute Gasteiger partial charge is 0.320 e. The van der Waals surface area contributed by atoms with E-state index in [0.717, 1.165) is 24.0 Å². The maximum Gasteiger partial charge on any atom is 0.320 e. The molecule has 1 saturated heterocycles. The summed E-state index contributed by atoms with van der Waals surface area (Å²) in [5.41, 5.74) is 2.78. The minimum Gasteiger partial charge on any atom is -0.317 e. The molecule has 2 fully saturated rings. The Kier molecular flexibility index (Phi) is 4.29. The van der Waals surface area contributed by atoms with Crippen molar-refractivity contribution in [1.82, 2.24) is 10.2 Å². The standard InChI is InChI=1S/C21H25N3O3/c1-11-4-9-16(12(2)10-11)23-21(27)22-13(3)24-19(25)17-14-5-6-15(8-7-14)18(17)20(24)26/h4-6,9-10,13-15,17-18H,7-8H2,1-3H3,(H2,22,23,27)/t13-,14+,15+,17-,18+/m1/s1. The van der Waals surface area contributed by atoms with Gasteiger partial charge in [0.05, 0.1) is 11.8 Å². The Balaban J connectivity index is 1.45. The number of nitrogens with zero attached hydrogens (tertiary/aromatic N) is 1. The molecule has 0 unspecified atom stereocenters. The molecule has 0 radical (unpaired) electrons. The summed E-state index contributed by atoms with van der Waals surface area (Å²) in [7, 11) is 0. The number of hydrogen-bond acceptors (Lipinski definition) is 3. The van der Waals surface area contributed by atoms with Gasteiger partial charge in [0.15, 0.2) is 0 Å². The molecule has 1 heterocycles. The van der Waals surface area contributed by atoms with Crippen molar-refractivity contribution in [2.75, 3.05) is 5.32 Å². The predicted molar refractivity (Wildman–Crippen MR) is 102 cm³/mol. The number of hydrogen-bond donors (Lipinski definition) is 2. The molecule has 1 aliphatic heterocycles. The Labute approximate surface area is 159 Å². The minimum atomic E-state index is -0.680. The Hall–Kier alpha value is -2.63. The number of likely N-dealkylation sites (tertiary alicyclic amines) is 1. The van der Waals surface area contributed by atoms with Gasteiger partial charge in [-0.15, -0.1) is 0 Å². The van der Waals surface area contributed by atoms with Crippen LogP contribution in [-0.2, 0) is 9.59 Å². The monoisotopic (exact) mass is 367 g/mol. The van der Waals surface area contributed by atoms with Gasteiger partial charge in [-0.2, -0.15) is 0 Å². The van der Waals surface area contributed by atoms with Crippen LogP contribution in [0.1, 0.15) is 30.9 Å². The highest BCUT2D eigenvalue weighted by molar-refractivity contribution is 6.06. The van der Waals surface area contributed by atoms with Crippen LogP contribution in [0.3, 0.4) is 0 Å². The molecule has 142 valence electrons. The molecule has 6 nitrogen and oxygen atoms in total. The maximum atomic E-state index is 12.9. The van der Waals surface area contributed by atoms with E-state index in [4.69, 9.17) is 0 Å². The van der Waals surface area contributed by atoms with Gasteiger partial charge >= 0.3 is 6.03 Å². The van der Waals surface area contributed by atoms with E-state index in [1.54, 1.807) is 6.92 Å². The highest BCUT2D eigenvalue weighted by Crippen LogP contribution is 2.49. The number of anilines is 1. The summed E-state index contributed by atoms with van der Waals surface area (Å²) in [6.07, 6.45) is 5.43. The van der Waals surface area contributed by atoms with Crippen molar-refractivity contribution in [3.8, 4) is 0 Å². The van der Waals surface area contributed by atoms with Crippen molar-refractivity contribution in [3.05, 3.63) is 41.5 Å². The van der Waals surface area contributed by atoms with Crippen LogP contribution in [0.25, 0.3) is 0 Å². The lowest BCUT2D eigenvalue weighted by Gasteiger charge is -2.38. The zero-order chi connectivity index (χ0) is 19.3. The molecule has 1 aromatic rings. The summed E-state index contributed by atoms with van der Waals surface area (Å²) in [6, 6.07) is 5.33. The van der Waals surface area contributed by atoms with Gasteiger partial charge in [0.25, 0.3) is 0 Å². The molecule has 5 atom stereocenters. The molecule has 2 bridgehead atoms. The minimum absolute atomic E-state index is 0.150. The second kappa shape index (κ2) is 6.51. The van der Waals surface area contributed by atoms with Crippen molar-refractivity contribution < 1.29 is 14.4 Å². The molecule has 5 rings (SSSR count). The number of carbonyl (C=O) groups is 3. The first-order valence-corrected chi connectivity index (χ1v) is 9.57. The molecule has 1 aromatic carbocycles. The number of carbonyl (C=O) groups excluding carboxylic acids is 3. The second-order valence-electron chi connectivity index (χ2n) is 7.98. The van der Waals surface area contributed by atoms with E-state index < -0.39 is 12.2 Å². The van der Waals surface area contributed by atoms with Crippen LogP contribution in [0.15, 0.2) is 30.4 Å². The number of allylic oxidation sites excluding steroid dienone is 2. The van der Waals surface area contributed by atoms with E-state index in [-0.39, 0.29) is 35.5 Å². The van der Waals surface area contributed by atoms with Gasteiger partial charge in [0.1, 0.15) is 6.17 Å². The van der Waals surface area contributed by atoms with E-state index in [0.29, 0.717) is 5.69 Å². The fourth-order valence-electron chi connectivity index (χ4n) is 4.85. The normalized spacial score (nSPS) is 29.7. The lowest BCUT2D eigenvalue weighted by Crippen LogP contribution is -2.50. The quantitative estimate of drug-likeness (QED) is 0.637. The number of fused-ring (bicyclic) bond motifs is 1. The van der Waals surface area contributed by atoms with Crippen LogP contribution < -0.4 is 10.6 Å². The summed E-state index contributed by atoms with van der Waals surface area (Å²) in [6.45, 7) is 5.60. The summed E-state index contributed by atoms with van der Waals surface area (Å²) in [5, 5.41) is 5.55. The average molecular weight is 367 g/mol. The van der Waals surface area contributed by atoms with Crippen molar-refractivity contribution in [3.63, 3.8) is 0 Å². The van der Waals surface area contributed by atoms with Crippen LogP contribution in [0, 0.1) is 37.5 Å². The molecule has 3 aliphatic carbocycles. The fourth-order valence-corrected chi connectivity index (χ4v) is 4.85. The first kappa shape index (κ1) is 17.8. The van der Waals surface area contributed by atoms with E-state index in [1.807, 2.05) is 32.0 Å². The Morgan fingerprint density at radius 2 is 1.67 bits per heavy atom. The van der Waals surface area contributed by atoms with Crippen molar-refractivity contribution in [2.45, 2.75) is 39.8 Å². The van der Waals surface area contributed by atoms with Gasteiger partial charge in [-0.3, -0.25) is 14.5 Å². The van der Waals surface area contributed by atoms with Crippen LogP contribution >= 0.6 is 0 Å². The Morgan fingerprint density at radius 1 is 1.07 bits per heavy atom. The number of urea groups is 1. The SMILES string of the molecule is Cc1ccc(NC(=O)N[C@@H](C)N2C(=O)[C@@H]3[C@H](C2=O)[C@H]2C=C[C@H]3CC2)c(C)c1. The number of nitrogens with one attached hydrogen (secondary N) is 2. The smallest absolute Gasteiger partial charge is 0.317 e. The highest BCUT2D eigenvalue weighted by atomic mass is 16.2. The average Bonchev–Trinajstić information content (AvgIpc) is 2.91. The van der Waals surface area contributed by atoms with Crippen LogP contribution in [-0.4, -0.2) is 28.9 Å². The van der Waals surface area contributed by atoms with Gasteiger partial charge in [-0.1, -0.05) is 29.8 Å². The molecule has 4 aliphatic rings. The Bertz CT molecular complexity index is 815. The first-order valence-electron chi connectivity index (χ1n) is 9.57. The molecular weight excluding hydrogens is 342 g/mol. The molecule has 0 spiro atoms. The van der Waals surface area contributed by atoms with E-state index >= 15 is 0 Å². The molecular formula is C21H25N3O3.